The highest BCUT2D eigenvalue weighted by Gasteiger charge is 2.15. The molecule has 7 nitrogen and oxygen atoms in total. The number of ether oxygens (including phenoxy) is 2. The Hall–Kier alpha value is -3.49. The predicted molar refractivity (Wildman–Crippen MR) is 89.2 cm³/mol. The monoisotopic (exact) mass is 360 g/mol. The Labute approximate surface area is 147 Å². The fraction of sp³-hybridized carbons (Fsp3) is 0.118. The summed E-state index contributed by atoms with van der Waals surface area (Å²) in [6.07, 6.45) is 0. The lowest BCUT2D eigenvalue weighted by Gasteiger charge is -2.07. The average Bonchev–Trinajstić information content (AvgIpc) is 3.08. The molecule has 1 heterocycles. The van der Waals surface area contributed by atoms with Gasteiger partial charge in [-0.25, -0.2) is 8.78 Å². The number of nitrogens with zero attached hydrogens (tertiary/aromatic N) is 2. The lowest BCUT2D eigenvalue weighted by Crippen LogP contribution is -2.13. The van der Waals surface area contributed by atoms with E-state index in [2.05, 4.69) is 20.5 Å². The summed E-state index contributed by atoms with van der Waals surface area (Å²) in [5.74, 6) is -1.06. The Kier molecular flexibility index (Phi) is 4.78. The number of rotatable bonds is 5. The van der Waals surface area contributed by atoms with Crippen LogP contribution in [0.15, 0.2) is 36.4 Å². The van der Waals surface area contributed by atoms with Gasteiger partial charge < -0.3 is 9.47 Å². The van der Waals surface area contributed by atoms with E-state index in [9.17, 15) is 13.6 Å². The molecule has 2 N–H and O–H groups in total. The zero-order valence-corrected chi connectivity index (χ0v) is 13.8. The van der Waals surface area contributed by atoms with E-state index in [1.54, 1.807) is 18.2 Å². The van der Waals surface area contributed by atoms with Crippen LogP contribution in [-0.4, -0.2) is 35.3 Å². The lowest BCUT2D eigenvalue weighted by molar-refractivity contribution is 0.102. The largest absolute Gasteiger partial charge is 0.497 e. The molecule has 0 atom stereocenters. The Morgan fingerprint density at radius 1 is 1.08 bits per heavy atom. The molecular formula is C17H14F2N4O3. The molecule has 0 saturated carbocycles. The maximum Gasteiger partial charge on any atom is 0.258 e. The zero-order chi connectivity index (χ0) is 18.7. The number of anilines is 1. The van der Waals surface area contributed by atoms with E-state index < -0.39 is 17.5 Å². The van der Waals surface area contributed by atoms with Crippen molar-refractivity contribution >= 4 is 11.9 Å². The highest BCUT2D eigenvalue weighted by Crippen LogP contribution is 2.31. The molecule has 0 aliphatic carbocycles. The van der Waals surface area contributed by atoms with Crippen molar-refractivity contribution in [2.75, 3.05) is 19.5 Å². The molecule has 0 aliphatic heterocycles. The van der Waals surface area contributed by atoms with Crippen molar-refractivity contribution in [1.82, 2.24) is 15.2 Å². The topological polar surface area (TPSA) is 89.1 Å². The van der Waals surface area contributed by atoms with Crippen LogP contribution in [0.4, 0.5) is 14.7 Å². The standard InChI is InChI=1S/C17H14F2N4O3/c1-25-12-3-4-13(14(8-12)26-2)15-20-17(23-22-15)21-16(24)9-5-10(18)7-11(19)6-9/h3-8H,1-2H3,(H2,20,21,22,23,24). The minimum atomic E-state index is -0.853. The normalized spacial score (nSPS) is 10.5. The third-order valence-corrected chi connectivity index (χ3v) is 3.50. The highest BCUT2D eigenvalue weighted by atomic mass is 19.1. The summed E-state index contributed by atoms with van der Waals surface area (Å²) >= 11 is 0. The summed E-state index contributed by atoms with van der Waals surface area (Å²) in [4.78, 5) is 16.2. The van der Waals surface area contributed by atoms with Crippen molar-refractivity contribution in [2.45, 2.75) is 0 Å². The van der Waals surface area contributed by atoms with Crippen molar-refractivity contribution in [3.8, 4) is 22.9 Å². The summed E-state index contributed by atoms with van der Waals surface area (Å²) < 4.78 is 36.9. The van der Waals surface area contributed by atoms with Crippen LogP contribution < -0.4 is 14.8 Å². The van der Waals surface area contributed by atoms with Crippen LogP contribution in [-0.2, 0) is 0 Å². The number of carbonyl (C=O) groups excluding carboxylic acids is 1. The molecule has 0 fully saturated rings. The van der Waals surface area contributed by atoms with Gasteiger partial charge in [0.2, 0.25) is 5.95 Å². The lowest BCUT2D eigenvalue weighted by atomic mass is 10.2. The molecular weight excluding hydrogens is 346 g/mol. The Morgan fingerprint density at radius 3 is 2.46 bits per heavy atom. The Bertz CT molecular complexity index is 939. The number of halogens is 2. The number of aromatic nitrogens is 3. The summed E-state index contributed by atoms with van der Waals surface area (Å²) in [6, 6.07) is 7.61. The number of benzene rings is 2. The van der Waals surface area contributed by atoms with Gasteiger partial charge in [-0.2, -0.15) is 4.98 Å². The molecule has 3 aromatic rings. The van der Waals surface area contributed by atoms with Crippen LogP contribution >= 0.6 is 0 Å². The van der Waals surface area contributed by atoms with E-state index >= 15 is 0 Å². The van der Waals surface area contributed by atoms with Crippen molar-refractivity contribution in [3.05, 3.63) is 53.6 Å². The van der Waals surface area contributed by atoms with Gasteiger partial charge in [0.1, 0.15) is 23.1 Å². The van der Waals surface area contributed by atoms with Gasteiger partial charge in [0.05, 0.1) is 19.8 Å². The second kappa shape index (κ2) is 7.18. The third-order valence-electron chi connectivity index (χ3n) is 3.50. The number of H-pyrrole nitrogens is 1. The summed E-state index contributed by atoms with van der Waals surface area (Å²) in [5.41, 5.74) is 0.411. The van der Waals surface area contributed by atoms with Crippen molar-refractivity contribution in [1.29, 1.82) is 0 Å². The summed E-state index contributed by atoms with van der Waals surface area (Å²) in [7, 11) is 3.03. The van der Waals surface area contributed by atoms with Crippen LogP contribution in [0, 0.1) is 11.6 Å². The average molecular weight is 360 g/mol. The molecule has 9 heteroatoms. The first-order valence-electron chi connectivity index (χ1n) is 7.42. The van der Waals surface area contributed by atoms with E-state index in [4.69, 9.17) is 9.47 Å². The van der Waals surface area contributed by atoms with Gasteiger partial charge >= 0.3 is 0 Å². The predicted octanol–water partition coefficient (Wildman–Crippen LogP) is 3.02. The smallest absolute Gasteiger partial charge is 0.258 e. The third kappa shape index (κ3) is 3.61. The fourth-order valence-electron chi connectivity index (χ4n) is 2.29. The van der Waals surface area contributed by atoms with Gasteiger partial charge in [-0.3, -0.25) is 15.2 Å². The number of hydrogen-bond donors (Lipinski definition) is 2. The molecule has 3 rings (SSSR count). The number of methoxy groups -OCH3 is 2. The number of hydrogen-bond acceptors (Lipinski definition) is 5. The second-order valence-corrected chi connectivity index (χ2v) is 5.19. The van der Waals surface area contributed by atoms with Gasteiger partial charge in [0.15, 0.2) is 5.82 Å². The first-order valence-corrected chi connectivity index (χ1v) is 7.42. The first-order chi connectivity index (χ1) is 12.5. The van der Waals surface area contributed by atoms with Gasteiger partial charge in [-0.05, 0) is 24.3 Å². The van der Waals surface area contributed by atoms with E-state index in [1.165, 1.54) is 14.2 Å². The Morgan fingerprint density at radius 2 is 1.81 bits per heavy atom. The van der Waals surface area contributed by atoms with Gasteiger partial charge in [-0.15, -0.1) is 5.10 Å². The van der Waals surface area contributed by atoms with Crippen LogP contribution in [0.5, 0.6) is 11.5 Å². The molecule has 0 spiro atoms. The Balaban J connectivity index is 1.83. The van der Waals surface area contributed by atoms with E-state index in [0.29, 0.717) is 29.0 Å². The van der Waals surface area contributed by atoms with Crippen molar-refractivity contribution < 1.29 is 23.0 Å². The molecule has 134 valence electrons. The first kappa shape index (κ1) is 17.3. The fourth-order valence-corrected chi connectivity index (χ4v) is 2.29. The van der Waals surface area contributed by atoms with Crippen LogP contribution in [0.1, 0.15) is 10.4 Å². The molecule has 0 saturated heterocycles. The van der Waals surface area contributed by atoms with Crippen LogP contribution in [0.3, 0.4) is 0 Å². The van der Waals surface area contributed by atoms with Gasteiger partial charge in [0, 0.05) is 17.7 Å². The number of amides is 1. The molecule has 2 aromatic carbocycles. The van der Waals surface area contributed by atoms with E-state index in [0.717, 1.165) is 12.1 Å². The minimum absolute atomic E-state index is 0.0486. The van der Waals surface area contributed by atoms with Gasteiger partial charge in [-0.1, -0.05) is 0 Å². The quantitative estimate of drug-likeness (QED) is 0.730. The maximum absolute atomic E-state index is 13.2. The second-order valence-electron chi connectivity index (χ2n) is 5.19. The molecule has 0 unspecified atom stereocenters. The maximum atomic E-state index is 13.2. The summed E-state index contributed by atoms with van der Waals surface area (Å²) in [6.45, 7) is 0. The van der Waals surface area contributed by atoms with E-state index in [-0.39, 0.29) is 11.5 Å². The van der Waals surface area contributed by atoms with Crippen LogP contribution in [0.2, 0.25) is 0 Å². The van der Waals surface area contributed by atoms with Crippen molar-refractivity contribution in [3.63, 3.8) is 0 Å². The molecule has 1 amide bonds. The van der Waals surface area contributed by atoms with Crippen LogP contribution in [0.25, 0.3) is 11.4 Å². The molecule has 1 aromatic heterocycles. The molecule has 0 radical (unpaired) electrons. The zero-order valence-electron chi connectivity index (χ0n) is 13.8. The summed E-state index contributed by atoms with van der Waals surface area (Å²) in [5, 5.41) is 8.92. The number of carbonyl (C=O) groups is 1. The molecule has 26 heavy (non-hydrogen) atoms. The van der Waals surface area contributed by atoms with Gasteiger partial charge in [0.25, 0.3) is 5.91 Å². The van der Waals surface area contributed by atoms with E-state index in [1.807, 2.05) is 0 Å². The minimum Gasteiger partial charge on any atom is -0.497 e. The van der Waals surface area contributed by atoms with Crippen molar-refractivity contribution in [2.24, 2.45) is 0 Å². The number of aromatic amines is 1. The SMILES string of the molecule is COc1ccc(-c2nc(NC(=O)c3cc(F)cc(F)c3)n[nH]2)c(OC)c1. The highest BCUT2D eigenvalue weighted by molar-refractivity contribution is 6.03. The molecule has 0 bridgehead atoms. The molecule has 0 aliphatic rings. The number of nitrogens with one attached hydrogen (secondary N) is 2.